The van der Waals surface area contributed by atoms with Crippen LogP contribution in [0.25, 0.3) is 0 Å². The lowest BCUT2D eigenvalue weighted by molar-refractivity contribution is 0.589. The van der Waals surface area contributed by atoms with Crippen LogP contribution in [0.1, 0.15) is 0 Å². The van der Waals surface area contributed by atoms with Crippen molar-refractivity contribution in [3.63, 3.8) is 0 Å². The van der Waals surface area contributed by atoms with Gasteiger partial charge in [-0.1, -0.05) is 0 Å². The van der Waals surface area contributed by atoms with E-state index in [0.717, 1.165) is 24.9 Å². The lowest BCUT2D eigenvalue weighted by atomic mass is 10.8. The van der Waals surface area contributed by atoms with Gasteiger partial charge in [-0.3, -0.25) is 4.98 Å². The fourth-order valence-electron chi connectivity index (χ4n) is 0.688. The second kappa shape index (κ2) is 3.28. The zero-order valence-electron chi connectivity index (χ0n) is 7.50. The largest absolute Gasteiger partial charge is 0.259 e. The van der Waals surface area contributed by atoms with Gasteiger partial charge in [0, 0.05) is 12.5 Å². The normalized spacial score (nSPS) is 12.7. The predicted octanol–water partition coefficient (Wildman–Crippen LogP) is -0.716. The van der Waals surface area contributed by atoms with E-state index in [2.05, 4.69) is 9.97 Å². The van der Waals surface area contributed by atoms with E-state index in [1.807, 2.05) is 0 Å². The highest BCUT2D eigenvalue weighted by Gasteiger charge is 2.15. The number of hydrogen-bond acceptors (Lipinski definition) is 6. The Labute approximate surface area is 81.9 Å². The molecule has 78 valence electrons. The van der Waals surface area contributed by atoms with Crippen molar-refractivity contribution in [2.24, 2.45) is 0 Å². The molecule has 0 N–H and O–H groups in total. The standard InChI is InChI=1S/C6H8N2O4S2/c1-13(9,10)5-3-7-4-6(8-5)14(2,11)12/h3-4H,1-2H3. The third-order valence-electron chi connectivity index (χ3n) is 1.35. The van der Waals surface area contributed by atoms with E-state index >= 15 is 0 Å². The van der Waals surface area contributed by atoms with Crippen LogP contribution < -0.4 is 0 Å². The fraction of sp³-hybridized carbons (Fsp3) is 0.333. The maximum absolute atomic E-state index is 11.0. The van der Waals surface area contributed by atoms with Crippen LogP contribution in [0.2, 0.25) is 0 Å². The molecule has 0 atom stereocenters. The van der Waals surface area contributed by atoms with Crippen molar-refractivity contribution in [2.75, 3.05) is 12.5 Å². The third-order valence-corrected chi connectivity index (χ3v) is 3.26. The Morgan fingerprint density at radius 3 is 1.57 bits per heavy atom. The Bertz CT molecular complexity index is 500. The van der Waals surface area contributed by atoms with Gasteiger partial charge in [0.2, 0.25) is 0 Å². The Morgan fingerprint density at radius 1 is 0.929 bits per heavy atom. The molecule has 0 aliphatic rings. The van der Waals surface area contributed by atoms with Crippen LogP contribution in [-0.4, -0.2) is 39.3 Å². The lowest BCUT2D eigenvalue weighted by Crippen LogP contribution is -2.07. The first-order valence-corrected chi connectivity index (χ1v) is 7.22. The van der Waals surface area contributed by atoms with Gasteiger partial charge in [-0.25, -0.2) is 21.8 Å². The van der Waals surface area contributed by atoms with Gasteiger partial charge in [0.05, 0.1) is 12.4 Å². The molecule has 6 nitrogen and oxygen atoms in total. The van der Waals surface area contributed by atoms with Gasteiger partial charge in [-0.2, -0.15) is 0 Å². The molecule has 0 saturated carbocycles. The third kappa shape index (κ3) is 2.48. The van der Waals surface area contributed by atoms with Crippen LogP contribution >= 0.6 is 0 Å². The molecule has 1 aromatic heterocycles. The van der Waals surface area contributed by atoms with Crippen LogP contribution in [0.3, 0.4) is 0 Å². The highest BCUT2D eigenvalue weighted by Crippen LogP contribution is 2.07. The van der Waals surface area contributed by atoms with Gasteiger partial charge in [-0.15, -0.1) is 0 Å². The lowest BCUT2D eigenvalue weighted by Gasteiger charge is -1.99. The minimum absolute atomic E-state index is 0.347. The van der Waals surface area contributed by atoms with Gasteiger partial charge < -0.3 is 0 Å². The molecule has 0 aliphatic carbocycles. The number of sulfone groups is 2. The van der Waals surface area contributed by atoms with Crippen molar-refractivity contribution in [3.05, 3.63) is 12.4 Å². The predicted molar refractivity (Wildman–Crippen MR) is 48.3 cm³/mol. The molecule has 0 spiro atoms. The van der Waals surface area contributed by atoms with E-state index in [9.17, 15) is 16.8 Å². The maximum atomic E-state index is 11.0. The molecular weight excluding hydrogens is 228 g/mol. The highest BCUT2D eigenvalue weighted by molar-refractivity contribution is 7.91. The van der Waals surface area contributed by atoms with Crippen molar-refractivity contribution in [3.8, 4) is 0 Å². The van der Waals surface area contributed by atoms with E-state index < -0.39 is 19.7 Å². The van der Waals surface area contributed by atoms with Crippen LogP contribution in [-0.2, 0) is 19.7 Å². The maximum Gasteiger partial charge on any atom is 0.194 e. The second-order valence-corrected chi connectivity index (χ2v) is 6.67. The van der Waals surface area contributed by atoms with Crippen molar-refractivity contribution in [1.29, 1.82) is 0 Å². The van der Waals surface area contributed by atoms with E-state index in [4.69, 9.17) is 0 Å². The second-order valence-electron chi connectivity index (χ2n) is 2.74. The summed E-state index contributed by atoms with van der Waals surface area (Å²) in [5.41, 5.74) is 0. The monoisotopic (exact) mass is 236 g/mol. The molecule has 0 amide bonds. The minimum atomic E-state index is -3.52. The van der Waals surface area contributed by atoms with Crippen LogP contribution in [0.15, 0.2) is 22.4 Å². The summed E-state index contributed by atoms with van der Waals surface area (Å²) in [6.45, 7) is 0. The molecule has 0 bridgehead atoms. The fourth-order valence-corrected chi connectivity index (χ4v) is 1.78. The molecule has 0 unspecified atom stereocenters. The minimum Gasteiger partial charge on any atom is -0.259 e. The molecule has 0 aromatic carbocycles. The molecule has 0 saturated heterocycles. The molecule has 1 rings (SSSR count). The first kappa shape index (κ1) is 11.1. The SMILES string of the molecule is CS(=O)(=O)c1cncc(S(C)(=O)=O)n1. The molecule has 0 radical (unpaired) electrons. The average Bonchev–Trinajstić information content (AvgIpc) is 2.01. The van der Waals surface area contributed by atoms with Crippen LogP contribution in [0.5, 0.6) is 0 Å². The summed E-state index contributed by atoms with van der Waals surface area (Å²) in [6.07, 6.45) is 3.88. The summed E-state index contributed by atoms with van der Waals surface area (Å²) in [7, 11) is -7.05. The summed E-state index contributed by atoms with van der Waals surface area (Å²) >= 11 is 0. The number of hydrogen-bond donors (Lipinski definition) is 0. The van der Waals surface area contributed by atoms with Crippen LogP contribution in [0.4, 0.5) is 0 Å². The van der Waals surface area contributed by atoms with E-state index in [-0.39, 0.29) is 10.1 Å². The Kier molecular flexibility index (Phi) is 2.59. The Balaban J connectivity index is 3.44. The molecular formula is C6H8N2O4S2. The van der Waals surface area contributed by atoms with Crippen molar-refractivity contribution in [2.45, 2.75) is 10.1 Å². The zero-order chi connectivity index (χ0) is 11.0. The first-order chi connectivity index (χ1) is 6.21. The van der Waals surface area contributed by atoms with Crippen molar-refractivity contribution in [1.82, 2.24) is 9.97 Å². The molecule has 0 aliphatic heterocycles. The van der Waals surface area contributed by atoms with Gasteiger partial charge in [0.25, 0.3) is 0 Å². The summed E-state index contributed by atoms with van der Waals surface area (Å²) in [5, 5.41) is -0.694. The number of nitrogens with zero attached hydrogens (tertiary/aromatic N) is 2. The van der Waals surface area contributed by atoms with Crippen LogP contribution in [0, 0.1) is 0 Å². The van der Waals surface area contributed by atoms with Gasteiger partial charge in [0.1, 0.15) is 0 Å². The summed E-state index contributed by atoms with van der Waals surface area (Å²) < 4.78 is 44.1. The molecule has 14 heavy (non-hydrogen) atoms. The molecule has 1 heterocycles. The molecule has 1 aromatic rings. The summed E-state index contributed by atoms with van der Waals surface area (Å²) in [5.74, 6) is 0. The van der Waals surface area contributed by atoms with Crippen molar-refractivity contribution >= 4 is 19.7 Å². The summed E-state index contributed by atoms with van der Waals surface area (Å²) in [4.78, 5) is 6.97. The molecule has 8 heteroatoms. The topological polar surface area (TPSA) is 94.1 Å². The quantitative estimate of drug-likeness (QED) is 0.673. The number of aromatic nitrogens is 2. The van der Waals surface area contributed by atoms with E-state index in [1.165, 1.54) is 0 Å². The van der Waals surface area contributed by atoms with Gasteiger partial charge in [0.15, 0.2) is 29.7 Å². The Hall–Kier alpha value is -1.02. The molecule has 0 fully saturated rings. The smallest absolute Gasteiger partial charge is 0.194 e. The number of rotatable bonds is 2. The zero-order valence-corrected chi connectivity index (χ0v) is 9.13. The van der Waals surface area contributed by atoms with E-state index in [0.29, 0.717) is 0 Å². The van der Waals surface area contributed by atoms with E-state index in [1.54, 1.807) is 0 Å². The average molecular weight is 236 g/mol. The van der Waals surface area contributed by atoms with Crippen molar-refractivity contribution < 1.29 is 16.8 Å². The van der Waals surface area contributed by atoms with Gasteiger partial charge >= 0.3 is 0 Å². The first-order valence-electron chi connectivity index (χ1n) is 3.43. The summed E-state index contributed by atoms with van der Waals surface area (Å²) in [6, 6.07) is 0. The van der Waals surface area contributed by atoms with Gasteiger partial charge in [-0.05, 0) is 0 Å². The highest BCUT2D eigenvalue weighted by atomic mass is 32.2. The Morgan fingerprint density at radius 2 is 1.29 bits per heavy atom.